The van der Waals surface area contributed by atoms with E-state index in [9.17, 15) is 9.59 Å². The minimum atomic E-state index is -0.376. The molecule has 0 saturated carbocycles. The summed E-state index contributed by atoms with van der Waals surface area (Å²) in [5, 5.41) is 1.82. The Morgan fingerprint density at radius 2 is 1.89 bits per heavy atom. The Hall–Kier alpha value is -1.59. The van der Waals surface area contributed by atoms with Gasteiger partial charge in [-0.05, 0) is 23.6 Å². The van der Waals surface area contributed by atoms with Crippen molar-refractivity contribution < 1.29 is 14.3 Å². The standard InChI is InChI=1S/C14H12O3S2/c15-12(13-7-4-8-18-13)9-17-14(16)10-19-11-5-2-1-3-6-11/h1-8H,9-10H2. The number of carbonyl (C=O) groups excluding carboxylic acids is 2. The van der Waals surface area contributed by atoms with E-state index in [1.807, 2.05) is 35.7 Å². The molecule has 0 aliphatic heterocycles. The van der Waals surface area contributed by atoms with E-state index < -0.39 is 0 Å². The first-order valence-electron chi connectivity index (χ1n) is 5.66. The highest BCUT2D eigenvalue weighted by molar-refractivity contribution is 8.00. The van der Waals surface area contributed by atoms with Gasteiger partial charge in [0.05, 0.1) is 10.6 Å². The number of rotatable bonds is 6. The third-order valence-electron chi connectivity index (χ3n) is 2.26. The first-order valence-corrected chi connectivity index (χ1v) is 7.52. The van der Waals surface area contributed by atoms with Crippen molar-refractivity contribution in [2.75, 3.05) is 12.4 Å². The Morgan fingerprint density at radius 1 is 1.11 bits per heavy atom. The molecular formula is C14H12O3S2. The number of carbonyl (C=O) groups is 2. The van der Waals surface area contributed by atoms with Crippen LogP contribution in [0, 0.1) is 0 Å². The summed E-state index contributed by atoms with van der Waals surface area (Å²) in [5.41, 5.74) is 0. The molecule has 98 valence electrons. The minimum Gasteiger partial charge on any atom is -0.457 e. The zero-order valence-corrected chi connectivity index (χ0v) is 11.7. The highest BCUT2D eigenvalue weighted by Gasteiger charge is 2.10. The second-order valence-electron chi connectivity index (χ2n) is 3.66. The maximum absolute atomic E-state index is 11.6. The second kappa shape index (κ2) is 7.11. The summed E-state index contributed by atoms with van der Waals surface area (Å²) in [7, 11) is 0. The van der Waals surface area contributed by atoms with E-state index >= 15 is 0 Å². The van der Waals surface area contributed by atoms with Crippen LogP contribution in [0.2, 0.25) is 0 Å². The molecule has 0 saturated heterocycles. The van der Waals surface area contributed by atoms with Gasteiger partial charge in [0.25, 0.3) is 0 Å². The molecule has 0 amide bonds. The van der Waals surface area contributed by atoms with Crippen LogP contribution < -0.4 is 0 Å². The van der Waals surface area contributed by atoms with Crippen molar-refractivity contribution in [3.8, 4) is 0 Å². The SMILES string of the molecule is O=C(CSc1ccccc1)OCC(=O)c1cccs1. The van der Waals surface area contributed by atoms with Crippen molar-refractivity contribution in [2.45, 2.75) is 4.90 Å². The number of Topliss-reactive ketones (excluding diaryl/α,β-unsaturated/α-hetero) is 1. The maximum atomic E-state index is 11.6. The predicted octanol–water partition coefficient (Wildman–Crippen LogP) is 3.27. The Labute approximate surface area is 119 Å². The number of ketones is 1. The third-order valence-corrected chi connectivity index (χ3v) is 4.16. The second-order valence-corrected chi connectivity index (χ2v) is 5.66. The number of thiophene rings is 1. The van der Waals surface area contributed by atoms with Gasteiger partial charge in [0.1, 0.15) is 0 Å². The molecule has 0 spiro atoms. The smallest absolute Gasteiger partial charge is 0.316 e. The summed E-state index contributed by atoms with van der Waals surface area (Å²) in [6.45, 7) is -0.186. The summed E-state index contributed by atoms with van der Waals surface area (Å²) >= 11 is 2.74. The fraction of sp³-hybridized carbons (Fsp3) is 0.143. The maximum Gasteiger partial charge on any atom is 0.316 e. The first kappa shape index (κ1) is 13.8. The molecule has 3 nitrogen and oxygen atoms in total. The van der Waals surface area contributed by atoms with Crippen LogP contribution in [0.3, 0.4) is 0 Å². The summed E-state index contributed by atoms with van der Waals surface area (Å²) in [4.78, 5) is 24.7. The van der Waals surface area contributed by atoms with Crippen molar-refractivity contribution in [2.24, 2.45) is 0 Å². The Morgan fingerprint density at radius 3 is 2.58 bits per heavy atom. The molecule has 19 heavy (non-hydrogen) atoms. The Balaban J connectivity index is 1.72. The van der Waals surface area contributed by atoms with E-state index in [4.69, 9.17) is 4.74 Å². The van der Waals surface area contributed by atoms with Crippen LogP contribution in [0.25, 0.3) is 0 Å². The molecule has 2 rings (SSSR count). The summed E-state index contributed by atoms with van der Waals surface area (Å²) in [6.07, 6.45) is 0. The highest BCUT2D eigenvalue weighted by Crippen LogP contribution is 2.17. The fourth-order valence-corrected chi connectivity index (χ4v) is 2.72. The van der Waals surface area contributed by atoms with Gasteiger partial charge in [0.2, 0.25) is 5.78 Å². The van der Waals surface area contributed by atoms with Crippen LogP contribution in [-0.4, -0.2) is 24.1 Å². The fourth-order valence-electron chi connectivity index (χ4n) is 1.36. The Bertz CT molecular complexity index is 535. The van der Waals surface area contributed by atoms with Gasteiger partial charge >= 0.3 is 5.97 Å². The average molecular weight is 292 g/mol. The van der Waals surface area contributed by atoms with Crippen LogP contribution in [0.4, 0.5) is 0 Å². The number of thioether (sulfide) groups is 1. The molecule has 0 bridgehead atoms. The van der Waals surface area contributed by atoms with Gasteiger partial charge in [-0.2, -0.15) is 0 Å². The monoisotopic (exact) mass is 292 g/mol. The molecule has 1 aromatic carbocycles. The van der Waals surface area contributed by atoms with Crippen molar-refractivity contribution in [3.05, 3.63) is 52.7 Å². The third kappa shape index (κ3) is 4.54. The zero-order valence-electron chi connectivity index (χ0n) is 10.1. The van der Waals surface area contributed by atoms with Crippen molar-refractivity contribution in [1.29, 1.82) is 0 Å². The van der Waals surface area contributed by atoms with E-state index in [-0.39, 0.29) is 24.1 Å². The molecule has 0 N–H and O–H groups in total. The molecule has 0 aliphatic carbocycles. The quantitative estimate of drug-likeness (QED) is 0.465. The molecule has 1 aromatic heterocycles. The van der Waals surface area contributed by atoms with Crippen LogP contribution in [0.15, 0.2) is 52.7 Å². The van der Waals surface area contributed by atoms with E-state index in [0.717, 1.165) is 4.90 Å². The summed E-state index contributed by atoms with van der Waals surface area (Å²) < 4.78 is 4.95. The van der Waals surface area contributed by atoms with Gasteiger partial charge < -0.3 is 4.74 Å². The van der Waals surface area contributed by atoms with Gasteiger partial charge in [-0.1, -0.05) is 24.3 Å². The first-order chi connectivity index (χ1) is 9.25. The predicted molar refractivity (Wildman–Crippen MR) is 76.8 cm³/mol. The lowest BCUT2D eigenvalue weighted by molar-refractivity contribution is -0.139. The lowest BCUT2D eigenvalue weighted by Crippen LogP contribution is -2.14. The van der Waals surface area contributed by atoms with E-state index in [1.165, 1.54) is 23.1 Å². The van der Waals surface area contributed by atoms with Crippen LogP contribution in [0.5, 0.6) is 0 Å². The summed E-state index contributed by atoms with van der Waals surface area (Å²) in [6, 6.07) is 13.1. The molecule has 0 radical (unpaired) electrons. The largest absolute Gasteiger partial charge is 0.457 e. The average Bonchev–Trinajstić information content (AvgIpc) is 2.98. The number of benzene rings is 1. The van der Waals surface area contributed by atoms with Crippen molar-refractivity contribution >= 4 is 34.9 Å². The van der Waals surface area contributed by atoms with Gasteiger partial charge in [-0.3, -0.25) is 9.59 Å². The van der Waals surface area contributed by atoms with E-state index in [2.05, 4.69) is 0 Å². The van der Waals surface area contributed by atoms with E-state index in [0.29, 0.717) is 4.88 Å². The molecule has 0 unspecified atom stereocenters. The van der Waals surface area contributed by atoms with Crippen molar-refractivity contribution in [3.63, 3.8) is 0 Å². The molecule has 5 heteroatoms. The lowest BCUT2D eigenvalue weighted by Gasteiger charge is -2.03. The van der Waals surface area contributed by atoms with Crippen LogP contribution in [0.1, 0.15) is 9.67 Å². The molecule has 0 fully saturated rings. The minimum absolute atomic E-state index is 0.159. The highest BCUT2D eigenvalue weighted by atomic mass is 32.2. The van der Waals surface area contributed by atoms with Crippen LogP contribution >= 0.6 is 23.1 Å². The molecular weight excluding hydrogens is 280 g/mol. The summed E-state index contributed by atoms with van der Waals surface area (Å²) in [5.74, 6) is -0.325. The van der Waals surface area contributed by atoms with Gasteiger partial charge in [0.15, 0.2) is 6.61 Å². The number of hydrogen-bond donors (Lipinski definition) is 0. The Kier molecular flexibility index (Phi) is 5.18. The molecule has 0 aliphatic rings. The number of ether oxygens (including phenoxy) is 1. The number of hydrogen-bond acceptors (Lipinski definition) is 5. The van der Waals surface area contributed by atoms with Gasteiger partial charge in [-0.25, -0.2) is 0 Å². The van der Waals surface area contributed by atoms with Crippen molar-refractivity contribution in [1.82, 2.24) is 0 Å². The van der Waals surface area contributed by atoms with E-state index in [1.54, 1.807) is 12.1 Å². The molecule has 1 heterocycles. The topological polar surface area (TPSA) is 43.4 Å². The molecule has 2 aromatic rings. The van der Waals surface area contributed by atoms with Gasteiger partial charge in [0, 0.05) is 4.90 Å². The van der Waals surface area contributed by atoms with Gasteiger partial charge in [-0.15, -0.1) is 23.1 Å². The zero-order chi connectivity index (χ0) is 13.5. The van der Waals surface area contributed by atoms with Crippen LogP contribution in [-0.2, 0) is 9.53 Å². The normalized spacial score (nSPS) is 10.1. The number of esters is 1. The lowest BCUT2D eigenvalue weighted by atomic mass is 10.3. The molecule has 0 atom stereocenters.